The maximum atomic E-state index is 14.7. The summed E-state index contributed by atoms with van der Waals surface area (Å²) in [5, 5.41) is 9.25. The van der Waals surface area contributed by atoms with Crippen molar-refractivity contribution in [2.24, 2.45) is 44.8 Å². The number of hydrogen-bond acceptors (Lipinski definition) is 8. The molecule has 2 saturated carbocycles. The van der Waals surface area contributed by atoms with Gasteiger partial charge in [0.2, 0.25) is 5.78 Å². The van der Waals surface area contributed by atoms with Crippen LogP contribution in [0.4, 0.5) is 0 Å². The van der Waals surface area contributed by atoms with E-state index < -0.39 is 68.7 Å². The van der Waals surface area contributed by atoms with Gasteiger partial charge in [-0.05, 0) is 30.6 Å². The van der Waals surface area contributed by atoms with Crippen LogP contribution in [-0.4, -0.2) is 52.1 Å². The van der Waals surface area contributed by atoms with E-state index in [0.717, 1.165) is 0 Å². The fourth-order valence-electron chi connectivity index (χ4n) is 9.22. The first kappa shape index (κ1) is 32.0. The summed E-state index contributed by atoms with van der Waals surface area (Å²) in [7, 11) is 0. The molecule has 2 unspecified atom stereocenters. The number of aliphatic carboxylic acids is 1. The predicted octanol–water partition coefficient (Wildman–Crippen LogP) is 4.48. The van der Waals surface area contributed by atoms with Crippen LogP contribution in [0, 0.1) is 44.8 Å². The molecular weight excluding hydrogens is 540 g/mol. The number of esters is 1. The smallest absolute Gasteiger partial charge is 0.306 e. The topological polar surface area (TPSA) is 149 Å². The van der Waals surface area contributed by atoms with E-state index >= 15 is 0 Å². The summed E-state index contributed by atoms with van der Waals surface area (Å²) in [4.78, 5) is 93.1. The van der Waals surface area contributed by atoms with Crippen molar-refractivity contribution in [1.29, 1.82) is 0 Å². The predicted molar refractivity (Wildman–Crippen MR) is 151 cm³/mol. The Labute approximate surface area is 247 Å². The van der Waals surface area contributed by atoms with E-state index in [4.69, 9.17) is 4.74 Å². The number of ketones is 5. The maximum Gasteiger partial charge on any atom is 0.306 e. The average molecular weight is 585 g/mol. The second-order valence-corrected chi connectivity index (χ2v) is 14.7. The van der Waals surface area contributed by atoms with E-state index in [9.17, 15) is 38.7 Å². The fourth-order valence-corrected chi connectivity index (χ4v) is 9.22. The normalized spacial score (nSPS) is 38.8. The molecule has 4 rings (SSSR count). The first-order chi connectivity index (χ1) is 19.1. The van der Waals surface area contributed by atoms with Gasteiger partial charge in [0.25, 0.3) is 0 Å². The van der Waals surface area contributed by atoms with E-state index in [0.29, 0.717) is 6.42 Å². The van der Waals surface area contributed by atoms with Crippen molar-refractivity contribution in [3.05, 3.63) is 11.1 Å². The molecule has 0 spiro atoms. The Morgan fingerprint density at radius 2 is 1.52 bits per heavy atom. The Kier molecular flexibility index (Phi) is 7.44. The van der Waals surface area contributed by atoms with E-state index in [1.54, 1.807) is 20.8 Å². The maximum absolute atomic E-state index is 14.7. The van der Waals surface area contributed by atoms with Crippen LogP contribution >= 0.6 is 0 Å². The van der Waals surface area contributed by atoms with Crippen molar-refractivity contribution in [3.8, 4) is 0 Å². The summed E-state index contributed by atoms with van der Waals surface area (Å²) in [6.07, 6.45) is -1.05. The number of carbonyl (C=O) groups excluding carboxylic acids is 6. The van der Waals surface area contributed by atoms with Gasteiger partial charge in [0.05, 0.1) is 11.3 Å². The molecule has 42 heavy (non-hydrogen) atoms. The lowest BCUT2D eigenvalue weighted by Crippen LogP contribution is -2.67. The van der Waals surface area contributed by atoms with E-state index in [1.165, 1.54) is 13.8 Å². The summed E-state index contributed by atoms with van der Waals surface area (Å²) in [6, 6.07) is 0. The van der Waals surface area contributed by atoms with Gasteiger partial charge in [-0.3, -0.25) is 33.6 Å². The molecule has 9 nitrogen and oxygen atoms in total. The molecule has 1 N–H and O–H groups in total. The molecule has 0 aromatic heterocycles. The minimum atomic E-state index is -1.47. The summed E-state index contributed by atoms with van der Waals surface area (Å²) < 4.78 is 5.81. The van der Waals surface area contributed by atoms with Crippen LogP contribution < -0.4 is 0 Å². The van der Waals surface area contributed by atoms with E-state index in [2.05, 4.69) is 0 Å². The molecule has 230 valence electrons. The lowest BCUT2D eigenvalue weighted by molar-refractivity contribution is -0.179. The highest BCUT2D eigenvalue weighted by molar-refractivity contribution is 6.18. The minimum absolute atomic E-state index is 0.00266. The van der Waals surface area contributed by atoms with Crippen LogP contribution in [0.1, 0.15) is 101 Å². The second-order valence-electron chi connectivity index (χ2n) is 14.7. The number of allylic oxidation sites excluding steroid dienone is 1. The standard InChI is InChI=1S/C33H44O9/c1-16(12-19(35)13-17(2)28(40)41)20-14-23(38)33(9)24-21(36)15-31(7)29(4,5)22(37)10-11-30(31,6)25(24)26(39)27(32(20,33)8)42-18(3)34/h16-17,20,27H,10-15H2,1-9H3,(H,40,41)/t16-,17?,20-,27?,30-,31+,32+,33+/m1/s1. The van der Waals surface area contributed by atoms with Gasteiger partial charge in [-0.25, -0.2) is 0 Å². The summed E-state index contributed by atoms with van der Waals surface area (Å²) in [5.74, 6) is -5.08. The Hall–Kier alpha value is -2.97. The van der Waals surface area contributed by atoms with Crippen LogP contribution in [0.25, 0.3) is 0 Å². The number of carboxylic acids is 1. The third kappa shape index (κ3) is 3.90. The Morgan fingerprint density at radius 3 is 2.07 bits per heavy atom. The Bertz CT molecular complexity index is 1350. The zero-order valence-corrected chi connectivity index (χ0v) is 26.3. The number of fused-ring (bicyclic) bond motifs is 4. The number of ether oxygens (including phenoxy) is 1. The van der Waals surface area contributed by atoms with Gasteiger partial charge in [-0.15, -0.1) is 0 Å². The van der Waals surface area contributed by atoms with Gasteiger partial charge < -0.3 is 9.84 Å². The molecule has 0 aliphatic heterocycles. The largest absolute Gasteiger partial charge is 0.481 e. The summed E-state index contributed by atoms with van der Waals surface area (Å²) in [6.45, 7) is 15.2. The first-order valence-corrected chi connectivity index (χ1v) is 14.9. The molecule has 0 heterocycles. The van der Waals surface area contributed by atoms with Crippen LogP contribution in [0.15, 0.2) is 11.1 Å². The van der Waals surface area contributed by atoms with E-state index in [-0.39, 0.29) is 66.4 Å². The van der Waals surface area contributed by atoms with Gasteiger partial charge in [0.1, 0.15) is 17.3 Å². The number of rotatable bonds is 7. The number of carbonyl (C=O) groups is 7. The van der Waals surface area contributed by atoms with Crippen LogP contribution in [0.2, 0.25) is 0 Å². The summed E-state index contributed by atoms with van der Waals surface area (Å²) in [5.41, 5.74) is -5.18. The monoisotopic (exact) mass is 584 g/mol. The Morgan fingerprint density at radius 1 is 0.929 bits per heavy atom. The van der Waals surface area contributed by atoms with Gasteiger partial charge in [-0.2, -0.15) is 0 Å². The first-order valence-electron chi connectivity index (χ1n) is 14.9. The van der Waals surface area contributed by atoms with E-state index in [1.807, 2.05) is 27.7 Å². The van der Waals surface area contributed by atoms with Gasteiger partial charge in [-0.1, -0.05) is 48.5 Å². The molecule has 9 heteroatoms. The molecule has 0 bridgehead atoms. The number of carboxylic acid groups (broad SMARTS) is 1. The minimum Gasteiger partial charge on any atom is -0.481 e. The second kappa shape index (κ2) is 9.78. The number of Topliss-reactive ketones (excluding diaryl/α,β-unsaturated/α-hetero) is 5. The molecular formula is C33H44O9. The molecule has 0 amide bonds. The number of hydrogen-bond donors (Lipinski definition) is 1. The fraction of sp³-hybridized carbons (Fsp3) is 0.727. The third-order valence-electron chi connectivity index (χ3n) is 12.6. The summed E-state index contributed by atoms with van der Waals surface area (Å²) >= 11 is 0. The molecule has 0 radical (unpaired) electrons. The quantitative estimate of drug-likeness (QED) is 0.427. The molecule has 8 atom stereocenters. The van der Waals surface area contributed by atoms with Crippen LogP contribution in [0.5, 0.6) is 0 Å². The Balaban J connectivity index is 1.92. The highest BCUT2D eigenvalue weighted by atomic mass is 16.5. The lowest BCUT2D eigenvalue weighted by atomic mass is 9.37. The van der Waals surface area contributed by atoms with Crippen LogP contribution in [0.3, 0.4) is 0 Å². The van der Waals surface area contributed by atoms with Crippen molar-refractivity contribution >= 4 is 40.9 Å². The van der Waals surface area contributed by atoms with Crippen molar-refractivity contribution < 1.29 is 43.4 Å². The third-order valence-corrected chi connectivity index (χ3v) is 12.6. The zero-order valence-electron chi connectivity index (χ0n) is 26.3. The SMILES string of the molecule is CC(=O)OC1C(=O)C2=C(C(=O)C[C@@]3(C)C(C)(C)C(=O)CC[C@]23C)[C@]2(C)C(=O)C[C@H]([C@H](C)CC(=O)CC(C)C(=O)O)[C@@]12C. The van der Waals surface area contributed by atoms with Crippen molar-refractivity contribution in [2.45, 2.75) is 107 Å². The average Bonchev–Trinajstić information content (AvgIpc) is 3.08. The molecule has 0 aromatic carbocycles. The highest BCUT2D eigenvalue weighted by Crippen LogP contribution is 2.73. The highest BCUT2D eigenvalue weighted by Gasteiger charge is 2.76. The van der Waals surface area contributed by atoms with Gasteiger partial charge >= 0.3 is 11.9 Å². The molecule has 0 aromatic rings. The zero-order chi connectivity index (χ0) is 32.0. The van der Waals surface area contributed by atoms with Gasteiger partial charge in [0, 0.05) is 66.4 Å². The molecule has 2 fully saturated rings. The van der Waals surface area contributed by atoms with Crippen LogP contribution in [-0.2, 0) is 38.3 Å². The van der Waals surface area contributed by atoms with Crippen molar-refractivity contribution in [1.82, 2.24) is 0 Å². The molecule has 4 aliphatic rings. The van der Waals surface area contributed by atoms with Crippen molar-refractivity contribution in [2.75, 3.05) is 0 Å². The lowest BCUT2D eigenvalue weighted by Gasteiger charge is -2.64. The molecule has 0 saturated heterocycles. The van der Waals surface area contributed by atoms with Crippen molar-refractivity contribution in [3.63, 3.8) is 0 Å². The van der Waals surface area contributed by atoms with Gasteiger partial charge in [0.15, 0.2) is 11.9 Å². The molecule has 4 aliphatic carbocycles.